The number of benzene rings is 1. The normalized spacial score (nSPS) is 9.73. The van der Waals surface area contributed by atoms with E-state index in [-0.39, 0.29) is 6.42 Å². The van der Waals surface area contributed by atoms with Gasteiger partial charge in [0.2, 0.25) is 0 Å². The maximum atomic E-state index is 13.3. The number of hydrogen-bond donors (Lipinski definition) is 0. The zero-order chi connectivity index (χ0) is 11.3. The number of carbonyl (C=O) groups is 1. The van der Waals surface area contributed by atoms with Crippen molar-refractivity contribution < 1.29 is 13.9 Å². The van der Waals surface area contributed by atoms with Gasteiger partial charge in [0, 0.05) is 0 Å². The van der Waals surface area contributed by atoms with E-state index in [1.807, 2.05) is 0 Å². The van der Waals surface area contributed by atoms with E-state index in [1.54, 1.807) is 25.1 Å². The molecular weight excluding hydrogens is 195 g/mol. The van der Waals surface area contributed by atoms with Gasteiger partial charge in [0.05, 0.1) is 13.0 Å². The first-order valence-corrected chi connectivity index (χ1v) is 4.74. The van der Waals surface area contributed by atoms with Crippen molar-refractivity contribution in [1.29, 1.82) is 0 Å². The molecule has 0 atom stereocenters. The molecule has 0 saturated heterocycles. The smallest absolute Gasteiger partial charge is 0.310 e. The number of hydrogen-bond acceptors (Lipinski definition) is 2. The lowest BCUT2D eigenvalue weighted by Crippen LogP contribution is -2.08. The molecular formula is C12H13FO2. The van der Waals surface area contributed by atoms with Crippen LogP contribution in [0, 0.1) is 5.82 Å². The molecule has 0 aliphatic heterocycles. The summed E-state index contributed by atoms with van der Waals surface area (Å²) < 4.78 is 18.0. The average Bonchev–Trinajstić information content (AvgIpc) is 2.21. The summed E-state index contributed by atoms with van der Waals surface area (Å²) >= 11 is 0. The summed E-state index contributed by atoms with van der Waals surface area (Å²) in [6, 6.07) is 4.53. The molecule has 0 aliphatic carbocycles. The van der Waals surface area contributed by atoms with E-state index in [0.29, 0.717) is 12.2 Å². The van der Waals surface area contributed by atoms with Gasteiger partial charge in [0.15, 0.2) is 0 Å². The van der Waals surface area contributed by atoms with Crippen molar-refractivity contribution in [3.8, 4) is 0 Å². The monoisotopic (exact) mass is 208 g/mol. The van der Waals surface area contributed by atoms with Crippen LogP contribution in [0.15, 0.2) is 24.8 Å². The molecule has 0 bridgehead atoms. The van der Waals surface area contributed by atoms with Crippen LogP contribution in [0.5, 0.6) is 0 Å². The van der Waals surface area contributed by atoms with Gasteiger partial charge in [-0.1, -0.05) is 18.7 Å². The van der Waals surface area contributed by atoms with Crippen LogP contribution in [0.3, 0.4) is 0 Å². The molecule has 2 nitrogen and oxygen atoms in total. The molecule has 1 rings (SSSR count). The molecule has 15 heavy (non-hydrogen) atoms. The number of esters is 1. The third kappa shape index (κ3) is 3.20. The molecule has 0 amide bonds. The van der Waals surface area contributed by atoms with Gasteiger partial charge in [-0.15, -0.1) is 0 Å². The highest BCUT2D eigenvalue weighted by Crippen LogP contribution is 2.12. The molecule has 80 valence electrons. The standard InChI is InChI=1S/C12H13FO2/c1-3-9-5-6-11(13)10(7-9)8-12(14)15-4-2/h3,5-7H,1,4,8H2,2H3. The predicted octanol–water partition coefficient (Wildman–Crippen LogP) is 2.57. The Bertz CT molecular complexity index is 372. The van der Waals surface area contributed by atoms with Crippen molar-refractivity contribution in [2.45, 2.75) is 13.3 Å². The minimum absolute atomic E-state index is 0.0403. The minimum Gasteiger partial charge on any atom is -0.466 e. The van der Waals surface area contributed by atoms with Gasteiger partial charge < -0.3 is 4.74 Å². The van der Waals surface area contributed by atoms with Crippen LogP contribution in [-0.2, 0) is 16.0 Å². The number of halogens is 1. The fourth-order valence-electron chi connectivity index (χ4n) is 1.22. The Balaban J connectivity index is 2.83. The number of ether oxygens (including phenoxy) is 1. The van der Waals surface area contributed by atoms with Crippen molar-refractivity contribution in [1.82, 2.24) is 0 Å². The molecule has 0 radical (unpaired) electrons. The maximum Gasteiger partial charge on any atom is 0.310 e. The fraction of sp³-hybridized carbons (Fsp3) is 0.250. The largest absolute Gasteiger partial charge is 0.466 e. The van der Waals surface area contributed by atoms with Gasteiger partial charge in [-0.2, -0.15) is 0 Å². The highest BCUT2D eigenvalue weighted by Gasteiger charge is 2.08. The summed E-state index contributed by atoms with van der Waals surface area (Å²) in [5.41, 5.74) is 1.13. The molecule has 0 saturated carbocycles. The van der Waals surface area contributed by atoms with Crippen LogP contribution >= 0.6 is 0 Å². The molecule has 0 N–H and O–H groups in total. The van der Waals surface area contributed by atoms with Gasteiger partial charge in [-0.3, -0.25) is 4.79 Å². The Kier molecular flexibility index (Phi) is 4.03. The lowest BCUT2D eigenvalue weighted by atomic mass is 10.1. The van der Waals surface area contributed by atoms with Gasteiger partial charge in [0.25, 0.3) is 0 Å². The van der Waals surface area contributed by atoms with Gasteiger partial charge in [-0.25, -0.2) is 4.39 Å². The lowest BCUT2D eigenvalue weighted by Gasteiger charge is -2.04. The SMILES string of the molecule is C=Cc1ccc(F)c(CC(=O)OCC)c1. The topological polar surface area (TPSA) is 26.3 Å². The zero-order valence-electron chi connectivity index (χ0n) is 8.63. The minimum atomic E-state index is -0.419. The Morgan fingerprint density at radius 3 is 2.93 bits per heavy atom. The van der Waals surface area contributed by atoms with Crippen molar-refractivity contribution >= 4 is 12.0 Å². The number of carbonyl (C=O) groups excluding carboxylic acids is 1. The zero-order valence-corrected chi connectivity index (χ0v) is 8.63. The average molecular weight is 208 g/mol. The Morgan fingerprint density at radius 2 is 2.33 bits per heavy atom. The summed E-state index contributed by atoms with van der Waals surface area (Å²) in [4.78, 5) is 11.1. The van der Waals surface area contributed by atoms with Crippen LogP contribution in [0.1, 0.15) is 18.1 Å². The summed E-state index contributed by atoms with van der Waals surface area (Å²) in [6.45, 7) is 5.60. The molecule has 1 aromatic carbocycles. The van der Waals surface area contributed by atoms with E-state index in [0.717, 1.165) is 5.56 Å². The predicted molar refractivity (Wildman–Crippen MR) is 56.8 cm³/mol. The van der Waals surface area contributed by atoms with E-state index in [1.165, 1.54) is 6.07 Å². The summed E-state index contributed by atoms with van der Waals surface area (Å²) in [7, 11) is 0. The second-order valence-corrected chi connectivity index (χ2v) is 3.04. The lowest BCUT2D eigenvalue weighted by molar-refractivity contribution is -0.142. The van der Waals surface area contributed by atoms with E-state index in [9.17, 15) is 9.18 Å². The van der Waals surface area contributed by atoms with Crippen molar-refractivity contribution in [3.63, 3.8) is 0 Å². The fourth-order valence-corrected chi connectivity index (χ4v) is 1.22. The third-order valence-corrected chi connectivity index (χ3v) is 1.95. The van der Waals surface area contributed by atoms with E-state index in [2.05, 4.69) is 6.58 Å². The quantitative estimate of drug-likeness (QED) is 0.711. The summed E-state index contributed by atoms with van der Waals surface area (Å²) in [5, 5.41) is 0. The van der Waals surface area contributed by atoms with E-state index >= 15 is 0 Å². The number of rotatable bonds is 4. The van der Waals surface area contributed by atoms with Crippen LogP contribution < -0.4 is 0 Å². The van der Waals surface area contributed by atoms with Crippen molar-refractivity contribution in [2.75, 3.05) is 6.61 Å². The first-order chi connectivity index (χ1) is 7.17. The summed E-state index contributed by atoms with van der Waals surface area (Å²) in [5.74, 6) is -0.814. The third-order valence-electron chi connectivity index (χ3n) is 1.95. The first-order valence-electron chi connectivity index (χ1n) is 4.74. The molecule has 0 spiro atoms. The van der Waals surface area contributed by atoms with Crippen LogP contribution in [0.25, 0.3) is 6.08 Å². The maximum absolute atomic E-state index is 13.3. The second kappa shape index (κ2) is 5.29. The second-order valence-electron chi connectivity index (χ2n) is 3.04. The summed E-state index contributed by atoms with van der Waals surface area (Å²) in [6.07, 6.45) is 1.56. The molecule has 0 unspecified atom stereocenters. The highest BCUT2D eigenvalue weighted by atomic mass is 19.1. The van der Waals surface area contributed by atoms with Gasteiger partial charge in [0.1, 0.15) is 5.82 Å². The van der Waals surface area contributed by atoms with Crippen LogP contribution in [0.2, 0.25) is 0 Å². The Labute approximate surface area is 88.4 Å². The van der Waals surface area contributed by atoms with Gasteiger partial charge in [-0.05, 0) is 30.2 Å². The molecule has 0 fully saturated rings. The Morgan fingerprint density at radius 1 is 1.60 bits per heavy atom. The molecule has 0 aliphatic rings. The van der Waals surface area contributed by atoms with Crippen LogP contribution in [0.4, 0.5) is 4.39 Å². The van der Waals surface area contributed by atoms with Crippen LogP contribution in [-0.4, -0.2) is 12.6 Å². The molecule has 1 aromatic rings. The molecule has 3 heteroatoms. The van der Waals surface area contributed by atoms with E-state index in [4.69, 9.17) is 4.74 Å². The highest BCUT2D eigenvalue weighted by molar-refractivity contribution is 5.73. The van der Waals surface area contributed by atoms with Crippen molar-refractivity contribution in [3.05, 3.63) is 41.7 Å². The van der Waals surface area contributed by atoms with Crippen molar-refractivity contribution in [2.24, 2.45) is 0 Å². The first kappa shape index (κ1) is 11.4. The molecule has 0 heterocycles. The van der Waals surface area contributed by atoms with E-state index < -0.39 is 11.8 Å². The van der Waals surface area contributed by atoms with Gasteiger partial charge >= 0.3 is 5.97 Å². The Hall–Kier alpha value is -1.64. The molecule has 0 aromatic heterocycles.